The highest BCUT2D eigenvalue weighted by atomic mass is 32.2. The average Bonchev–Trinajstić information content (AvgIpc) is 3.07. The Labute approximate surface area is 135 Å². The first-order valence-electron chi connectivity index (χ1n) is 7.54. The van der Waals surface area contributed by atoms with Gasteiger partial charge in [0, 0.05) is 26.2 Å². The van der Waals surface area contributed by atoms with Gasteiger partial charge in [0.25, 0.3) is 0 Å². The minimum atomic E-state index is -3.70. The van der Waals surface area contributed by atoms with E-state index in [-0.39, 0.29) is 28.8 Å². The maximum absolute atomic E-state index is 13.3. The number of likely N-dealkylation sites (tertiary alicyclic amines) is 1. The third kappa shape index (κ3) is 2.75. The Hall–Kier alpha value is -1.51. The van der Waals surface area contributed by atoms with Crippen LogP contribution in [0.3, 0.4) is 0 Å². The zero-order valence-electron chi connectivity index (χ0n) is 13.1. The van der Waals surface area contributed by atoms with E-state index in [4.69, 9.17) is 0 Å². The summed E-state index contributed by atoms with van der Waals surface area (Å²) in [6, 6.07) is 4.87. The predicted molar refractivity (Wildman–Crippen MR) is 82.7 cm³/mol. The van der Waals surface area contributed by atoms with E-state index in [2.05, 4.69) is 5.32 Å². The van der Waals surface area contributed by atoms with E-state index in [1.807, 2.05) is 11.9 Å². The van der Waals surface area contributed by atoms with Crippen LogP contribution in [0.15, 0.2) is 29.2 Å². The van der Waals surface area contributed by atoms with E-state index in [9.17, 15) is 17.6 Å². The van der Waals surface area contributed by atoms with Crippen LogP contribution in [-0.4, -0.2) is 62.8 Å². The predicted octanol–water partition coefficient (Wildman–Crippen LogP) is 0.265. The van der Waals surface area contributed by atoms with E-state index >= 15 is 0 Å². The Morgan fingerprint density at radius 2 is 2.09 bits per heavy atom. The Balaban J connectivity index is 1.78. The van der Waals surface area contributed by atoms with Gasteiger partial charge >= 0.3 is 0 Å². The molecule has 2 heterocycles. The first-order chi connectivity index (χ1) is 10.8. The summed E-state index contributed by atoms with van der Waals surface area (Å²) in [6.45, 7) is 0.689. The number of benzene rings is 1. The number of likely N-dealkylation sites (N-methyl/N-ethyl adjacent to an activating group) is 2. The number of nitrogens with zero attached hydrogens (tertiary/aromatic N) is 2. The number of fused-ring (bicyclic) bond motifs is 1. The van der Waals surface area contributed by atoms with Crippen molar-refractivity contribution in [2.75, 3.05) is 27.2 Å². The fourth-order valence-electron chi connectivity index (χ4n) is 3.62. The van der Waals surface area contributed by atoms with Gasteiger partial charge in [-0.05, 0) is 37.6 Å². The number of nitrogens with one attached hydrogen (secondary N) is 1. The van der Waals surface area contributed by atoms with Crippen LogP contribution in [0.25, 0.3) is 0 Å². The van der Waals surface area contributed by atoms with Crippen LogP contribution in [0.4, 0.5) is 4.39 Å². The van der Waals surface area contributed by atoms with Crippen molar-refractivity contribution in [3.05, 3.63) is 30.1 Å². The average molecular weight is 341 g/mol. The van der Waals surface area contributed by atoms with Crippen molar-refractivity contribution >= 4 is 15.9 Å². The highest BCUT2D eigenvalue weighted by Crippen LogP contribution is 2.36. The van der Waals surface area contributed by atoms with Crippen molar-refractivity contribution in [2.45, 2.75) is 23.4 Å². The molecular formula is C15H20FN3O3S. The van der Waals surface area contributed by atoms with Gasteiger partial charge < -0.3 is 5.32 Å². The molecule has 1 aromatic carbocycles. The summed E-state index contributed by atoms with van der Waals surface area (Å²) in [5.74, 6) is -0.491. The minimum Gasteiger partial charge on any atom is -0.358 e. The number of hydrogen-bond donors (Lipinski definition) is 1. The molecule has 23 heavy (non-hydrogen) atoms. The number of sulfonamides is 1. The Kier molecular flexibility index (Phi) is 4.16. The lowest BCUT2D eigenvalue weighted by Crippen LogP contribution is -2.45. The van der Waals surface area contributed by atoms with Crippen LogP contribution in [0.2, 0.25) is 0 Å². The van der Waals surface area contributed by atoms with Gasteiger partial charge in [-0.3, -0.25) is 9.69 Å². The third-order valence-corrected chi connectivity index (χ3v) is 6.72. The van der Waals surface area contributed by atoms with Crippen LogP contribution >= 0.6 is 0 Å². The quantitative estimate of drug-likeness (QED) is 0.857. The van der Waals surface area contributed by atoms with E-state index in [0.717, 1.165) is 6.07 Å². The zero-order valence-corrected chi connectivity index (χ0v) is 13.9. The van der Waals surface area contributed by atoms with E-state index in [0.29, 0.717) is 19.5 Å². The summed E-state index contributed by atoms with van der Waals surface area (Å²) in [5, 5.41) is 2.65. The maximum Gasteiger partial charge on any atom is 0.243 e. The van der Waals surface area contributed by atoms with Crippen LogP contribution in [0, 0.1) is 11.7 Å². The Morgan fingerprint density at radius 1 is 1.35 bits per heavy atom. The minimum absolute atomic E-state index is 0.0145. The number of halogens is 1. The molecule has 2 aliphatic heterocycles. The highest BCUT2D eigenvalue weighted by molar-refractivity contribution is 7.89. The van der Waals surface area contributed by atoms with Crippen molar-refractivity contribution in [2.24, 2.45) is 5.92 Å². The summed E-state index contributed by atoms with van der Waals surface area (Å²) in [7, 11) is -0.252. The zero-order chi connectivity index (χ0) is 16.8. The first-order valence-corrected chi connectivity index (χ1v) is 8.98. The van der Waals surface area contributed by atoms with Crippen molar-refractivity contribution in [3.8, 4) is 0 Å². The molecule has 126 valence electrons. The summed E-state index contributed by atoms with van der Waals surface area (Å²) in [6.07, 6.45) is 0.635. The Bertz CT molecular complexity index is 724. The lowest BCUT2D eigenvalue weighted by Gasteiger charge is -2.25. The summed E-state index contributed by atoms with van der Waals surface area (Å²) >= 11 is 0. The molecular weight excluding hydrogens is 321 g/mol. The van der Waals surface area contributed by atoms with Gasteiger partial charge in [0.05, 0.1) is 10.9 Å². The highest BCUT2D eigenvalue weighted by Gasteiger charge is 2.49. The number of carbonyl (C=O) groups excluding carboxylic acids is 1. The van der Waals surface area contributed by atoms with E-state index < -0.39 is 15.8 Å². The van der Waals surface area contributed by atoms with E-state index in [1.165, 1.54) is 22.5 Å². The number of rotatable bonds is 3. The maximum atomic E-state index is 13.3. The molecule has 2 aliphatic rings. The van der Waals surface area contributed by atoms with Gasteiger partial charge in [-0.15, -0.1) is 0 Å². The summed E-state index contributed by atoms with van der Waals surface area (Å²) < 4.78 is 40.0. The van der Waals surface area contributed by atoms with Gasteiger partial charge in [0.15, 0.2) is 0 Å². The molecule has 6 nitrogen and oxygen atoms in total. The standard InChI is InChI=1S/C15H20FN3O3S/c1-17-15(20)13-6-10-8-19(9-14(10)18(13)2)23(21,22)12-5-3-4-11(16)7-12/h3-5,7,10,13-14H,6,8-9H2,1-2H3,(H,17,20)/t10-,13-,14+/m1/s1. The molecule has 2 fully saturated rings. The van der Waals surface area contributed by atoms with Gasteiger partial charge in [-0.2, -0.15) is 4.31 Å². The largest absolute Gasteiger partial charge is 0.358 e. The second kappa shape index (κ2) is 5.85. The fourth-order valence-corrected chi connectivity index (χ4v) is 5.17. The molecule has 2 saturated heterocycles. The smallest absolute Gasteiger partial charge is 0.243 e. The molecule has 3 rings (SSSR count). The van der Waals surface area contributed by atoms with Crippen molar-refractivity contribution < 1.29 is 17.6 Å². The SMILES string of the molecule is CNC(=O)[C@H]1C[C@@H]2CN(S(=O)(=O)c3cccc(F)c3)C[C@@H]2N1C. The molecule has 0 aromatic heterocycles. The number of carbonyl (C=O) groups is 1. The van der Waals surface area contributed by atoms with Gasteiger partial charge in [0.1, 0.15) is 5.82 Å². The fraction of sp³-hybridized carbons (Fsp3) is 0.533. The monoisotopic (exact) mass is 341 g/mol. The molecule has 0 saturated carbocycles. The van der Waals surface area contributed by atoms with Crippen LogP contribution in [0.1, 0.15) is 6.42 Å². The van der Waals surface area contributed by atoms with Crippen LogP contribution in [0.5, 0.6) is 0 Å². The molecule has 3 atom stereocenters. The van der Waals surface area contributed by atoms with Gasteiger partial charge in [-0.25, -0.2) is 12.8 Å². The number of amides is 1. The normalized spacial score (nSPS) is 28.7. The van der Waals surface area contributed by atoms with Crippen molar-refractivity contribution in [3.63, 3.8) is 0 Å². The molecule has 0 unspecified atom stereocenters. The van der Waals surface area contributed by atoms with Crippen LogP contribution in [-0.2, 0) is 14.8 Å². The molecule has 8 heteroatoms. The topological polar surface area (TPSA) is 69.7 Å². The van der Waals surface area contributed by atoms with Crippen LogP contribution < -0.4 is 5.32 Å². The molecule has 1 amide bonds. The second-order valence-electron chi connectivity index (χ2n) is 6.14. The Morgan fingerprint density at radius 3 is 2.70 bits per heavy atom. The molecule has 1 aromatic rings. The van der Waals surface area contributed by atoms with Gasteiger partial charge in [0.2, 0.25) is 15.9 Å². The number of hydrogen-bond acceptors (Lipinski definition) is 4. The summed E-state index contributed by atoms with van der Waals surface area (Å²) in [5.41, 5.74) is 0. The van der Waals surface area contributed by atoms with Gasteiger partial charge in [-0.1, -0.05) is 6.07 Å². The summed E-state index contributed by atoms with van der Waals surface area (Å²) in [4.78, 5) is 13.8. The second-order valence-corrected chi connectivity index (χ2v) is 8.08. The third-order valence-electron chi connectivity index (χ3n) is 4.90. The lowest BCUT2D eigenvalue weighted by atomic mass is 10.0. The lowest BCUT2D eigenvalue weighted by molar-refractivity contribution is -0.125. The molecule has 0 bridgehead atoms. The first kappa shape index (κ1) is 16.4. The molecule has 1 N–H and O–H groups in total. The molecule has 0 spiro atoms. The van der Waals surface area contributed by atoms with Crippen molar-refractivity contribution in [1.29, 1.82) is 0 Å². The molecule has 0 aliphatic carbocycles. The molecule has 0 radical (unpaired) electrons. The van der Waals surface area contributed by atoms with Crippen molar-refractivity contribution in [1.82, 2.24) is 14.5 Å². The van der Waals surface area contributed by atoms with E-state index in [1.54, 1.807) is 7.05 Å².